The van der Waals surface area contributed by atoms with Gasteiger partial charge in [0.25, 0.3) is 0 Å². The molecule has 2 aliphatic heterocycles. The minimum absolute atomic E-state index is 0.0633. The van der Waals surface area contributed by atoms with Gasteiger partial charge in [-0.15, -0.1) is 0 Å². The lowest BCUT2D eigenvalue weighted by molar-refractivity contribution is -0.332. The molecule has 14 nitrogen and oxygen atoms in total. The summed E-state index contributed by atoms with van der Waals surface area (Å²) in [7, 11) is 0. The molecule has 2 fully saturated rings. The molecule has 11 unspecified atom stereocenters. The van der Waals surface area contributed by atoms with E-state index in [1.165, 1.54) is 193 Å². The van der Waals surface area contributed by atoms with E-state index in [9.17, 15) is 40.5 Å². The number of ether oxygens (including phenoxy) is 6. The number of aliphatic hydroxyl groups is 7. The highest BCUT2D eigenvalue weighted by Crippen LogP contribution is 2.27. The van der Waals surface area contributed by atoms with Gasteiger partial charge in [-0.05, 0) is 44.9 Å². The first-order valence-electron chi connectivity index (χ1n) is 31.9. The van der Waals surface area contributed by atoms with Gasteiger partial charge in [0.05, 0.1) is 26.4 Å². The van der Waals surface area contributed by atoms with Crippen LogP contribution in [0.4, 0.5) is 0 Å². The molecule has 0 saturated carbocycles. The van der Waals surface area contributed by atoms with Crippen molar-refractivity contribution in [2.75, 3.05) is 33.0 Å². The number of esters is 1. The van der Waals surface area contributed by atoms with E-state index < -0.39 is 80.7 Å². The van der Waals surface area contributed by atoms with Crippen molar-refractivity contribution in [3.8, 4) is 0 Å². The van der Waals surface area contributed by atoms with Crippen LogP contribution in [0.3, 0.4) is 0 Å². The van der Waals surface area contributed by atoms with Crippen LogP contribution in [0.2, 0.25) is 0 Å². The molecule has 77 heavy (non-hydrogen) atoms. The average molecular weight is 1100 g/mol. The Labute approximate surface area is 468 Å². The predicted octanol–water partition coefficient (Wildman–Crippen LogP) is 12.3. The fourth-order valence-corrected chi connectivity index (χ4v) is 10.3. The van der Waals surface area contributed by atoms with E-state index in [0.29, 0.717) is 13.0 Å². The lowest BCUT2D eigenvalue weighted by Crippen LogP contribution is -2.61. The highest BCUT2D eigenvalue weighted by atomic mass is 16.7. The van der Waals surface area contributed by atoms with E-state index in [1.54, 1.807) is 0 Å². The van der Waals surface area contributed by atoms with Crippen LogP contribution in [0.5, 0.6) is 0 Å². The van der Waals surface area contributed by atoms with Gasteiger partial charge in [0, 0.05) is 13.0 Å². The first-order chi connectivity index (χ1) is 37.6. The lowest BCUT2D eigenvalue weighted by atomic mass is 9.98. The van der Waals surface area contributed by atoms with Crippen molar-refractivity contribution in [3.63, 3.8) is 0 Å². The summed E-state index contributed by atoms with van der Waals surface area (Å²) in [6.07, 6.45) is 42.5. The highest BCUT2D eigenvalue weighted by molar-refractivity contribution is 5.69. The Balaban J connectivity index is 1.65. The van der Waals surface area contributed by atoms with Gasteiger partial charge in [0.1, 0.15) is 54.9 Å². The molecule has 0 radical (unpaired) electrons. The molecule has 454 valence electrons. The second kappa shape index (κ2) is 50.2. The topological polar surface area (TPSA) is 214 Å². The summed E-state index contributed by atoms with van der Waals surface area (Å²) in [5.41, 5.74) is 0. The molecule has 0 aromatic rings. The monoisotopic (exact) mass is 1100 g/mol. The van der Waals surface area contributed by atoms with Gasteiger partial charge in [-0.3, -0.25) is 4.79 Å². The van der Waals surface area contributed by atoms with Gasteiger partial charge in [0.15, 0.2) is 12.6 Å². The van der Waals surface area contributed by atoms with Gasteiger partial charge in [-0.2, -0.15) is 0 Å². The van der Waals surface area contributed by atoms with E-state index in [2.05, 4.69) is 38.2 Å². The zero-order valence-electron chi connectivity index (χ0n) is 49.0. The third kappa shape index (κ3) is 36.5. The molecule has 0 aromatic carbocycles. The first kappa shape index (κ1) is 71.6. The minimum atomic E-state index is -1.71. The Hall–Kier alpha value is -1.53. The maximum Gasteiger partial charge on any atom is 0.306 e. The summed E-state index contributed by atoms with van der Waals surface area (Å²) in [6.45, 7) is 3.71. The third-order valence-corrected chi connectivity index (χ3v) is 15.5. The zero-order chi connectivity index (χ0) is 55.8. The third-order valence-electron chi connectivity index (χ3n) is 15.5. The molecule has 2 aliphatic rings. The fourth-order valence-electron chi connectivity index (χ4n) is 10.3. The SMILES string of the molecule is CCCCC/C=C\C/C=C\CCCCCCCCCC(=O)OC(COCCCCCCCCCCCCCCCCCCCCCCCCCCCC)COC1OC(COC2OC(CO)C(O)C(O)C2O)C(O)C(O)C1O. The van der Waals surface area contributed by atoms with Crippen molar-refractivity contribution < 1.29 is 69.0 Å². The molecule has 0 bridgehead atoms. The standard InChI is InChI=1S/C63H118O14/c1-3-5-7-9-11-13-15-17-19-21-22-23-24-25-26-27-28-29-31-33-35-37-39-41-43-45-47-72-49-52(75-55(65)46-44-42-40-38-36-34-32-30-20-18-16-14-12-10-8-6-4-2)50-73-62-61(71)59(69)57(67)54(77-62)51-74-63-60(70)58(68)56(66)53(48-64)76-63/h12,14,18,20,52-54,56-64,66-71H,3-11,13,15-17,19,21-51H2,1-2H3/b14-12-,20-18-. The number of hydrogen-bond acceptors (Lipinski definition) is 14. The number of rotatable bonds is 53. The van der Waals surface area contributed by atoms with Gasteiger partial charge in [-0.25, -0.2) is 0 Å². The summed E-state index contributed by atoms with van der Waals surface area (Å²) in [6, 6.07) is 0. The average Bonchev–Trinajstić information content (AvgIpc) is 3.43. The maximum atomic E-state index is 13.1. The lowest BCUT2D eigenvalue weighted by Gasteiger charge is -2.42. The summed E-state index contributed by atoms with van der Waals surface area (Å²) >= 11 is 0. The van der Waals surface area contributed by atoms with Gasteiger partial charge >= 0.3 is 5.97 Å². The number of carbonyl (C=O) groups excluding carboxylic acids is 1. The summed E-state index contributed by atoms with van der Waals surface area (Å²) in [5.74, 6) is -0.378. The predicted molar refractivity (Wildman–Crippen MR) is 307 cm³/mol. The Morgan fingerprint density at radius 3 is 1.27 bits per heavy atom. The number of carbonyl (C=O) groups is 1. The van der Waals surface area contributed by atoms with Crippen LogP contribution in [-0.4, -0.2) is 142 Å². The molecule has 14 heteroatoms. The van der Waals surface area contributed by atoms with Gasteiger partial charge in [0.2, 0.25) is 0 Å². The molecule has 7 N–H and O–H groups in total. The Bertz CT molecular complexity index is 1370. The quantitative estimate of drug-likeness (QED) is 0.0172. The van der Waals surface area contributed by atoms with Crippen molar-refractivity contribution >= 4 is 5.97 Å². The molecule has 0 amide bonds. The van der Waals surface area contributed by atoms with E-state index in [-0.39, 0.29) is 25.6 Å². The largest absolute Gasteiger partial charge is 0.457 e. The van der Waals surface area contributed by atoms with Crippen molar-refractivity contribution in [1.82, 2.24) is 0 Å². The van der Waals surface area contributed by atoms with E-state index >= 15 is 0 Å². The van der Waals surface area contributed by atoms with Crippen LogP contribution in [0.1, 0.15) is 271 Å². The Morgan fingerprint density at radius 1 is 0.429 bits per heavy atom. The van der Waals surface area contributed by atoms with Crippen LogP contribution in [0.25, 0.3) is 0 Å². The van der Waals surface area contributed by atoms with Crippen LogP contribution < -0.4 is 0 Å². The molecule has 2 rings (SSSR count). The second-order valence-corrected chi connectivity index (χ2v) is 22.6. The fraction of sp³-hybridized carbons (Fsp3) is 0.921. The van der Waals surface area contributed by atoms with E-state index in [1.807, 2.05) is 0 Å². The van der Waals surface area contributed by atoms with Crippen molar-refractivity contribution in [2.24, 2.45) is 0 Å². The highest BCUT2D eigenvalue weighted by Gasteiger charge is 2.47. The van der Waals surface area contributed by atoms with Crippen molar-refractivity contribution in [2.45, 2.75) is 338 Å². The van der Waals surface area contributed by atoms with Crippen LogP contribution in [0, 0.1) is 0 Å². The van der Waals surface area contributed by atoms with Crippen LogP contribution in [0.15, 0.2) is 24.3 Å². The van der Waals surface area contributed by atoms with Crippen LogP contribution in [-0.2, 0) is 33.2 Å². The molecule has 0 aliphatic carbocycles. The number of unbranched alkanes of at least 4 members (excludes halogenated alkanes) is 35. The van der Waals surface area contributed by atoms with E-state index in [0.717, 1.165) is 51.4 Å². The first-order valence-corrected chi connectivity index (χ1v) is 31.9. The molecular weight excluding hydrogens is 981 g/mol. The summed E-state index contributed by atoms with van der Waals surface area (Å²) in [4.78, 5) is 13.1. The second-order valence-electron chi connectivity index (χ2n) is 22.6. The number of aliphatic hydroxyl groups excluding tert-OH is 7. The Kier molecular flexibility index (Phi) is 46.7. The van der Waals surface area contributed by atoms with Crippen molar-refractivity contribution in [1.29, 1.82) is 0 Å². The molecular formula is C63H118O14. The normalized spacial score (nSPS) is 24.4. The molecule has 2 saturated heterocycles. The Morgan fingerprint density at radius 2 is 0.805 bits per heavy atom. The summed E-state index contributed by atoms with van der Waals surface area (Å²) < 4.78 is 34.5. The number of allylic oxidation sites excluding steroid dienone is 4. The zero-order valence-corrected chi connectivity index (χ0v) is 49.0. The minimum Gasteiger partial charge on any atom is -0.457 e. The molecule has 0 spiro atoms. The molecule has 11 atom stereocenters. The smallest absolute Gasteiger partial charge is 0.306 e. The van der Waals surface area contributed by atoms with Gasteiger partial charge < -0.3 is 64.2 Å². The van der Waals surface area contributed by atoms with Crippen molar-refractivity contribution in [3.05, 3.63) is 24.3 Å². The summed E-state index contributed by atoms with van der Waals surface area (Å²) in [5, 5.41) is 72.4. The molecule has 0 aromatic heterocycles. The van der Waals surface area contributed by atoms with Crippen LogP contribution >= 0.6 is 0 Å². The number of hydrogen-bond donors (Lipinski definition) is 7. The van der Waals surface area contributed by atoms with E-state index in [4.69, 9.17) is 28.4 Å². The molecule has 2 heterocycles. The van der Waals surface area contributed by atoms with Gasteiger partial charge in [-0.1, -0.05) is 244 Å². The maximum absolute atomic E-state index is 13.1.